The number of amides is 1. The van der Waals surface area contributed by atoms with Crippen molar-refractivity contribution in [3.8, 4) is 23.0 Å². The molecule has 0 spiro atoms. The molecule has 0 aromatic heterocycles. The van der Waals surface area contributed by atoms with E-state index < -0.39 is 18.5 Å². The van der Waals surface area contributed by atoms with E-state index in [9.17, 15) is 9.59 Å². The van der Waals surface area contributed by atoms with Gasteiger partial charge in [-0.3, -0.25) is 4.79 Å². The Morgan fingerprint density at radius 2 is 1.67 bits per heavy atom. The standard InChI is InChI=1S/C25H22ClNO6/c1-30-20-10-12-22(31-2)17(14-20)8-13-25(29)32-16-24(28)27-21-15-18(26)9-11-23(21)33-19-6-4-3-5-7-19/h3-15H,16H2,1-2H3,(H,27,28). The molecule has 0 aliphatic heterocycles. The monoisotopic (exact) mass is 467 g/mol. The minimum Gasteiger partial charge on any atom is -0.497 e. The Balaban J connectivity index is 1.60. The number of carbonyl (C=O) groups is 2. The Morgan fingerprint density at radius 1 is 0.909 bits per heavy atom. The van der Waals surface area contributed by atoms with Gasteiger partial charge in [-0.1, -0.05) is 29.8 Å². The molecule has 0 aliphatic carbocycles. The first-order valence-corrected chi connectivity index (χ1v) is 10.3. The van der Waals surface area contributed by atoms with Gasteiger partial charge < -0.3 is 24.3 Å². The lowest BCUT2D eigenvalue weighted by Crippen LogP contribution is -2.20. The summed E-state index contributed by atoms with van der Waals surface area (Å²) in [5.74, 6) is 0.927. The zero-order valence-corrected chi connectivity index (χ0v) is 18.8. The molecule has 3 aromatic carbocycles. The number of esters is 1. The van der Waals surface area contributed by atoms with Crippen molar-refractivity contribution in [2.45, 2.75) is 0 Å². The summed E-state index contributed by atoms with van der Waals surface area (Å²) in [5.41, 5.74) is 0.976. The second-order valence-corrected chi connectivity index (χ2v) is 7.09. The van der Waals surface area contributed by atoms with Gasteiger partial charge in [-0.25, -0.2) is 4.79 Å². The van der Waals surface area contributed by atoms with Crippen LogP contribution in [0.4, 0.5) is 5.69 Å². The van der Waals surface area contributed by atoms with Gasteiger partial charge in [0, 0.05) is 16.7 Å². The van der Waals surface area contributed by atoms with Gasteiger partial charge >= 0.3 is 5.97 Å². The van der Waals surface area contributed by atoms with Gasteiger partial charge in [-0.05, 0) is 54.6 Å². The van der Waals surface area contributed by atoms with Crippen LogP contribution in [-0.4, -0.2) is 32.7 Å². The quantitative estimate of drug-likeness (QED) is 0.337. The first kappa shape index (κ1) is 23.7. The number of ether oxygens (including phenoxy) is 4. The molecule has 0 fully saturated rings. The molecule has 3 rings (SSSR count). The van der Waals surface area contributed by atoms with Crippen molar-refractivity contribution in [1.29, 1.82) is 0 Å². The number of anilines is 1. The molecule has 1 amide bonds. The number of hydrogen-bond donors (Lipinski definition) is 1. The topological polar surface area (TPSA) is 83.1 Å². The highest BCUT2D eigenvalue weighted by Crippen LogP contribution is 2.32. The van der Waals surface area contributed by atoms with Crippen molar-refractivity contribution in [1.82, 2.24) is 0 Å². The minimum atomic E-state index is -0.693. The van der Waals surface area contributed by atoms with Crippen molar-refractivity contribution in [3.05, 3.63) is 83.4 Å². The van der Waals surface area contributed by atoms with Crippen LogP contribution in [0.2, 0.25) is 5.02 Å². The van der Waals surface area contributed by atoms with E-state index in [-0.39, 0.29) is 0 Å². The van der Waals surface area contributed by atoms with Gasteiger partial charge in [0.05, 0.1) is 19.9 Å². The minimum absolute atomic E-state index is 0.351. The van der Waals surface area contributed by atoms with Crippen LogP contribution in [0.3, 0.4) is 0 Å². The predicted molar refractivity (Wildman–Crippen MR) is 126 cm³/mol. The lowest BCUT2D eigenvalue weighted by molar-refractivity contribution is -0.142. The molecule has 0 radical (unpaired) electrons. The van der Waals surface area contributed by atoms with Gasteiger partial charge in [-0.2, -0.15) is 0 Å². The number of rotatable bonds is 9. The SMILES string of the molecule is COc1ccc(OC)c(C=CC(=O)OCC(=O)Nc2cc(Cl)ccc2Oc2ccccc2)c1. The van der Waals surface area contributed by atoms with Crippen LogP contribution in [0.15, 0.2) is 72.8 Å². The molecule has 0 aliphatic rings. The first-order valence-electron chi connectivity index (χ1n) is 9.87. The third kappa shape index (κ3) is 7.02. The fourth-order valence-corrected chi connectivity index (χ4v) is 2.98. The van der Waals surface area contributed by atoms with Crippen LogP contribution >= 0.6 is 11.6 Å². The van der Waals surface area contributed by atoms with Gasteiger partial charge in [-0.15, -0.1) is 0 Å². The summed E-state index contributed by atoms with van der Waals surface area (Å²) in [5, 5.41) is 3.06. The van der Waals surface area contributed by atoms with Crippen molar-refractivity contribution < 1.29 is 28.5 Å². The average Bonchev–Trinajstić information content (AvgIpc) is 2.83. The van der Waals surface area contributed by atoms with Gasteiger partial charge in [0.15, 0.2) is 12.4 Å². The highest BCUT2D eigenvalue weighted by atomic mass is 35.5. The molecule has 170 valence electrons. The molecular weight excluding hydrogens is 446 g/mol. The van der Waals surface area contributed by atoms with Gasteiger partial charge in [0.25, 0.3) is 5.91 Å². The Kier molecular flexibility index (Phi) is 8.32. The van der Waals surface area contributed by atoms with Crippen molar-refractivity contribution in [2.75, 3.05) is 26.1 Å². The number of hydrogen-bond acceptors (Lipinski definition) is 6. The molecule has 0 unspecified atom stereocenters. The molecule has 8 heteroatoms. The van der Waals surface area contributed by atoms with Crippen LogP contribution < -0.4 is 19.5 Å². The maximum absolute atomic E-state index is 12.3. The molecule has 0 heterocycles. The number of nitrogens with one attached hydrogen (secondary N) is 1. The molecule has 1 N–H and O–H groups in total. The van der Waals surface area contributed by atoms with E-state index in [4.69, 9.17) is 30.5 Å². The molecule has 0 saturated heterocycles. The van der Waals surface area contributed by atoms with Crippen LogP contribution in [0.1, 0.15) is 5.56 Å². The summed E-state index contributed by atoms with van der Waals surface area (Å²) in [6.07, 6.45) is 2.72. The zero-order valence-electron chi connectivity index (χ0n) is 18.0. The molecule has 0 atom stereocenters. The molecule has 3 aromatic rings. The molecule has 7 nitrogen and oxygen atoms in total. The highest BCUT2D eigenvalue weighted by molar-refractivity contribution is 6.31. The van der Waals surface area contributed by atoms with E-state index in [1.165, 1.54) is 19.3 Å². The van der Waals surface area contributed by atoms with E-state index in [2.05, 4.69) is 5.32 Å². The van der Waals surface area contributed by atoms with Crippen molar-refractivity contribution >= 4 is 35.2 Å². The van der Waals surface area contributed by atoms with Gasteiger partial charge in [0.1, 0.15) is 17.2 Å². The summed E-state index contributed by atoms with van der Waals surface area (Å²) in [6, 6.07) is 19.1. The summed E-state index contributed by atoms with van der Waals surface area (Å²) < 4.78 is 21.3. The fourth-order valence-electron chi connectivity index (χ4n) is 2.80. The Hall–Kier alpha value is -3.97. The Morgan fingerprint density at radius 3 is 2.39 bits per heavy atom. The van der Waals surface area contributed by atoms with E-state index in [1.807, 2.05) is 18.2 Å². The van der Waals surface area contributed by atoms with Crippen LogP contribution in [0.25, 0.3) is 6.08 Å². The van der Waals surface area contributed by atoms with E-state index in [0.29, 0.717) is 39.3 Å². The smallest absolute Gasteiger partial charge is 0.331 e. The third-order valence-corrected chi connectivity index (χ3v) is 4.60. The largest absolute Gasteiger partial charge is 0.497 e. The third-order valence-electron chi connectivity index (χ3n) is 4.37. The zero-order chi connectivity index (χ0) is 23.6. The Labute approximate surface area is 196 Å². The molecule has 33 heavy (non-hydrogen) atoms. The average molecular weight is 468 g/mol. The molecular formula is C25H22ClNO6. The van der Waals surface area contributed by atoms with E-state index in [0.717, 1.165) is 0 Å². The number of halogens is 1. The van der Waals surface area contributed by atoms with Crippen molar-refractivity contribution in [3.63, 3.8) is 0 Å². The lowest BCUT2D eigenvalue weighted by Gasteiger charge is -2.13. The first-order chi connectivity index (χ1) is 16.0. The summed E-state index contributed by atoms with van der Waals surface area (Å²) in [4.78, 5) is 24.4. The second-order valence-electron chi connectivity index (χ2n) is 6.65. The molecule has 0 bridgehead atoms. The number of methoxy groups -OCH3 is 2. The maximum Gasteiger partial charge on any atom is 0.331 e. The van der Waals surface area contributed by atoms with Crippen LogP contribution in [-0.2, 0) is 14.3 Å². The predicted octanol–water partition coefficient (Wildman–Crippen LogP) is 5.34. The van der Waals surface area contributed by atoms with Gasteiger partial charge in [0.2, 0.25) is 0 Å². The lowest BCUT2D eigenvalue weighted by atomic mass is 10.1. The summed E-state index contributed by atoms with van der Waals surface area (Å²) in [6.45, 7) is -0.490. The fraction of sp³-hybridized carbons (Fsp3) is 0.120. The molecule has 0 saturated carbocycles. The van der Waals surface area contributed by atoms with Crippen LogP contribution in [0.5, 0.6) is 23.0 Å². The van der Waals surface area contributed by atoms with Crippen LogP contribution in [0, 0.1) is 0 Å². The highest BCUT2D eigenvalue weighted by Gasteiger charge is 2.12. The Bertz CT molecular complexity index is 1150. The number of para-hydroxylation sites is 1. The normalized spacial score (nSPS) is 10.5. The second kappa shape index (κ2) is 11.6. The van der Waals surface area contributed by atoms with E-state index in [1.54, 1.807) is 55.6 Å². The summed E-state index contributed by atoms with van der Waals surface area (Å²) >= 11 is 6.06. The summed E-state index contributed by atoms with van der Waals surface area (Å²) in [7, 11) is 3.06. The van der Waals surface area contributed by atoms with E-state index >= 15 is 0 Å². The number of carbonyl (C=O) groups excluding carboxylic acids is 2. The van der Waals surface area contributed by atoms with Crippen molar-refractivity contribution in [2.24, 2.45) is 0 Å². The number of benzene rings is 3. The maximum atomic E-state index is 12.3.